The summed E-state index contributed by atoms with van der Waals surface area (Å²) in [4.78, 5) is 8.35. The molecule has 2 heterocycles. The molecule has 1 atom stereocenters. The summed E-state index contributed by atoms with van der Waals surface area (Å²) in [6.07, 6.45) is 7.18. The molecule has 0 saturated heterocycles. The minimum atomic E-state index is 0.382. The standard InChI is InChI=1S/C13H18N4/c1-9(2)10(3)17-8-16-7-13(17)11-6-15-5-4-12(11)14/h4-10H,1-3H3,(H2,14,15). The van der Waals surface area contributed by atoms with Crippen LogP contribution in [0.15, 0.2) is 31.0 Å². The molecule has 2 N–H and O–H groups in total. The molecule has 0 aromatic carbocycles. The molecule has 0 aliphatic rings. The molecule has 2 aromatic heterocycles. The average Bonchev–Trinajstić information content (AvgIpc) is 2.77. The van der Waals surface area contributed by atoms with Gasteiger partial charge in [-0.3, -0.25) is 4.98 Å². The van der Waals surface area contributed by atoms with Crippen molar-refractivity contribution < 1.29 is 0 Å². The Bertz CT molecular complexity index is 502. The summed E-state index contributed by atoms with van der Waals surface area (Å²) < 4.78 is 2.15. The van der Waals surface area contributed by atoms with Gasteiger partial charge in [0.05, 0.1) is 18.2 Å². The number of nitrogens with zero attached hydrogens (tertiary/aromatic N) is 3. The van der Waals surface area contributed by atoms with Crippen LogP contribution in [0.1, 0.15) is 26.8 Å². The van der Waals surface area contributed by atoms with Crippen LogP contribution in [-0.2, 0) is 0 Å². The maximum absolute atomic E-state index is 5.98. The van der Waals surface area contributed by atoms with Gasteiger partial charge in [-0.05, 0) is 18.9 Å². The SMILES string of the molecule is CC(C)C(C)n1cncc1-c1cnccc1N. The number of aromatic nitrogens is 3. The highest BCUT2D eigenvalue weighted by Gasteiger charge is 2.15. The van der Waals surface area contributed by atoms with Crippen molar-refractivity contribution >= 4 is 5.69 Å². The lowest BCUT2D eigenvalue weighted by Gasteiger charge is -2.20. The van der Waals surface area contributed by atoms with E-state index in [1.165, 1.54) is 0 Å². The quantitative estimate of drug-likeness (QED) is 0.882. The lowest BCUT2D eigenvalue weighted by Crippen LogP contribution is -2.12. The number of hydrogen-bond donors (Lipinski definition) is 1. The summed E-state index contributed by atoms with van der Waals surface area (Å²) in [7, 11) is 0. The molecule has 0 radical (unpaired) electrons. The van der Waals surface area contributed by atoms with Crippen molar-refractivity contribution in [1.82, 2.24) is 14.5 Å². The van der Waals surface area contributed by atoms with Crippen molar-refractivity contribution in [1.29, 1.82) is 0 Å². The highest BCUT2D eigenvalue weighted by molar-refractivity contribution is 5.72. The normalized spacial score (nSPS) is 12.9. The summed E-state index contributed by atoms with van der Waals surface area (Å²) in [6.45, 7) is 6.57. The van der Waals surface area contributed by atoms with Crippen LogP contribution < -0.4 is 5.73 Å². The minimum absolute atomic E-state index is 0.382. The number of imidazole rings is 1. The molecule has 0 aliphatic carbocycles. The third-order valence-electron chi connectivity index (χ3n) is 3.20. The molecule has 0 fully saturated rings. The van der Waals surface area contributed by atoms with E-state index in [9.17, 15) is 0 Å². The van der Waals surface area contributed by atoms with Gasteiger partial charge < -0.3 is 10.3 Å². The lowest BCUT2D eigenvalue weighted by atomic mass is 10.1. The van der Waals surface area contributed by atoms with Gasteiger partial charge in [0, 0.05) is 29.7 Å². The Balaban J connectivity index is 2.48. The van der Waals surface area contributed by atoms with Gasteiger partial charge >= 0.3 is 0 Å². The Morgan fingerprint density at radius 2 is 1.94 bits per heavy atom. The van der Waals surface area contributed by atoms with Crippen LogP contribution in [0.2, 0.25) is 0 Å². The first-order valence-corrected chi connectivity index (χ1v) is 5.83. The second-order valence-corrected chi connectivity index (χ2v) is 4.63. The van der Waals surface area contributed by atoms with Crippen molar-refractivity contribution in [3.8, 4) is 11.3 Å². The number of nitrogens with two attached hydrogens (primary N) is 1. The molecule has 4 nitrogen and oxygen atoms in total. The molecule has 2 rings (SSSR count). The Morgan fingerprint density at radius 3 is 2.59 bits per heavy atom. The van der Waals surface area contributed by atoms with Crippen LogP contribution in [-0.4, -0.2) is 14.5 Å². The Labute approximate surface area is 102 Å². The highest BCUT2D eigenvalue weighted by Crippen LogP contribution is 2.28. The molecule has 2 aromatic rings. The third kappa shape index (κ3) is 2.16. The molecule has 1 unspecified atom stereocenters. The fraction of sp³-hybridized carbons (Fsp3) is 0.385. The van der Waals surface area contributed by atoms with E-state index >= 15 is 0 Å². The van der Waals surface area contributed by atoms with Gasteiger partial charge in [0.1, 0.15) is 0 Å². The van der Waals surface area contributed by atoms with E-state index < -0.39 is 0 Å². The van der Waals surface area contributed by atoms with Crippen molar-refractivity contribution in [3.63, 3.8) is 0 Å². The second-order valence-electron chi connectivity index (χ2n) is 4.63. The Morgan fingerprint density at radius 1 is 1.18 bits per heavy atom. The average molecular weight is 230 g/mol. The summed E-state index contributed by atoms with van der Waals surface area (Å²) >= 11 is 0. The molecule has 0 spiro atoms. The number of rotatable bonds is 3. The summed E-state index contributed by atoms with van der Waals surface area (Å²) in [5.74, 6) is 0.542. The third-order valence-corrected chi connectivity index (χ3v) is 3.20. The zero-order valence-electron chi connectivity index (χ0n) is 10.5. The maximum Gasteiger partial charge on any atom is 0.0953 e. The van der Waals surface area contributed by atoms with Gasteiger partial charge in [0.25, 0.3) is 0 Å². The van der Waals surface area contributed by atoms with Gasteiger partial charge in [0.15, 0.2) is 0 Å². The predicted octanol–water partition coefficient (Wildman–Crippen LogP) is 2.74. The molecule has 0 aliphatic heterocycles. The Hall–Kier alpha value is -1.84. The van der Waals surface area contributed by atoms with Crippen molar-refractivity contribution in [2.75, 3.05) is 5.73 Å². The van der Waals surface area contributed by atoms with Crippen LogP contribution in [0.25, 0.3) is 11.3 Å². The van der Waals surface area contributed by atoms with Gasteiger partial charge in [-0.1, -0.05) is 13.8 Å². The molecule has 0 amide bonds. The van der Waals surface area contributed by atoms with E-state index in [0.717, 1.165) is 16.9 Å². The fourth-order valence-corrected chi connectivity index (χ4v) is 1.78. The first-order chi connectivity index (χ1) is 8.11. The van der Waals surface area contributed by atoms with Gasteiger partial charge in [-0.15, -0.1) is 0 Å². The smallest absolute Gasteiger partial charge is 0.0953 e. The maximum atomic E-state index is 5.98. The molecule has 0 saturated carbocycles. The van der Waals surface area contributed by atoms with Crippen LogP contribution in [0.4, 0.5) is 5.69 Å². The molecule has 17 heavy (non-hydrogen) atoms. The van der Waals surface area contributed by atoms with Crippen molar-refractivity contribution in [2.45, 2.75) is 26.8 Å². The number of hydrogen-bond acceptors (Lipinski definition) is 3. The van der Waals surface area contributed by atoms with Crippen LogP contribution >= 0.6 is 0 Å². The molecular formula is C13H18N4. The predicted molar refractivity (Wildman–Crippen MR) is 69.4 cm³/mol. The zero-order valence-corrected chi connectivity index (χ0v) is 10.5. The van der Waals surface area contributed by atoms with Gasteiger partial charge in [0.2, 0.25) is 0 Å². The highest BCUT2D eigenvalue weighted by atomic mass is 15.1. The molecule has 90 valence electrons. The fourth-order valence-electron chi connectivity index (χ4n) is 1.78. The van der Waals surface area contributed by atoms with Crippen LogP contribution in [0, 0.1) is 5.92 Å². The van der Waals surface area contributed by atoms with Gasteiger partial charge in [-0.25, -0.2) is 4.98 Å². The van der Waals surface area contributed by atoms with E-state index in [-0.39, 0.29) is 0 Å². The first kappa shape index (κ1) is 11.6. The molecule has 4 heteroatoms. The van der Waals surface area contributed by atoms with Crippen molar-refractivity contribution in [2.24, 2.45) is 5.92 Å². The van der Waals surface area contributed by atoms with E-state index in [4.69, 9.17) is 5.73 Å². The topological polar surface area (TPSA) is 56.7 Å². The van der Waals surface area contributed by atoms with E-state index in [0.29, 0.717) is 12.0 Å². The number of nitrogen functional groups attached to an aromatic ring is 1. The largest absolute Gasteiger partial charge is 0.398 e. The van der Waals surface area contributed by atoms with E-state index in [2.05, 4.69) is 35.3 Å². The summed E-state index contributed by atoms with van der Waals surface area (Å²) in [5.41, 5.74) is 8.68. The molecule has 0 bridgehead atoms. The lowest BCUT2D eigenvalue weighted by molar-refractivity contribution is 0.411. The number of pyridine rings is 1. The summed E-state index contributed by atoms with van der Waals surface area (Å²) in [5, 5.41) is 0. The Kier molecular flexibility index (Phi) is 3.13. The summed E-state index contributed by atoms with van der Waals surface area (Å²) in [6, 6.07) is 2.19. The number of anilines is 1. The van der Waals surface area contributed by atoms with Crippen LogP contribution in [0.5, 0.6) is 0 Å². The van der Waals surface area contributed by atoms with Crippen LogP contribution in [0.3, 0.4) is 0 Å². The van der Waals surface area contributed by atoms with Gasteiger partial charge in [-0.2, -0.15) is 0 Å². The second kappa shape index (κ2) is 4.57. The van der Waals surface area contributed by atoms with E-state index in [1.54, 1.807) is 12.4 Å². The minimum Gasteiger partial charge on any atom is -0.398 e. The first-order valence-electron chi connectivity index (χ1n) is 5.83. The monoisotopic (exact) mass is 230 g/mol. The molecular weight excluding hydrogens is 212 g/mol. The van der Waals surface area contributed by atoms with Crippen molar-refractivity contribution in [3.05, 3.63) is 31.0 Å². The van der Waals surface area contributed by atoms with E-state index in [1.807, 2.05) is 18.6 Å². The zero-order chi connectivity index (χ0) is 12.4.